The number of methoxy groups -OCH3 is 1. The van der Waals surface area contributed by atoms with Crippen molar-refractivity contribution in [2.24, 2.45) is 28.1 Å². The maximum atomic E-state index is 13.4. The van der Waals surface area contributed by atoms with Gasteiger partial charge in [-0.2, -0.15) is 0 Å². The number of esters is 1. The zero-order valence-corrected chi connectivity index (χ0v) is 17.8. The summed E-state index contributed by atoms with van der Waals surface area (Å²) in [6.45, 7) is 7.76. The number of rotatable bonds is 3. The predicted molar refractivity (Wildman–Crippen MR) is 105 cm³/mol. The van der Waals surface area contributed by atoms with Crippen molar-refractivity contribution < 1.29 is 29.0 Å². The molecule has 0 radical (unpaired) electrons. The molecule has 29 heavy (non-hydrogen) atoms. The summed E-state index contributed by atoms with van der Waals surface area (Å²) in [5, 5.41) is 10.1. The van der Waals surface area contributed by atoms with Crippen LogP contribution in [-0.4, -0.2) is 42.1 Å². The number of carboxylic acid groups (broad SMARTS) is 1. The summed E-state index contributed by atoms with van der Waals surface area (Å²) >= 11 is 0. The number of fused-ring (bicyclic) bond motifs is 4. The molecule has 4 aliphatic rings. The van der Waals surface area contributed by atoms with Gasteiger partial charge in [0.05, 0.1) is 31.2 Å². The van der Waals surface area contributed by atoms with Crippen LogP contribution in [-0.2, 0) is 23.9 Å². The number of ether oxygens (including phenoxy) is 2. The van der Waals surface area contributed by atoms with E-state index in [1.807, 2.05) is 6.92 Å². The zero-order valence-electron chi connectivity index (χ0n) is 17.8. The van der Waals surface area contributed by atoms with E-state index in [2.05, 4.69) is 13.8 Å². The van der Waals surface area contributed by atoms with Crippen LogP contribution in [0.15, 0.2) is 23.3 Å². The number of hydrogen-bond acceptors (Lipinski definition) is 5. The third kappa shape index (κ3) is 2.41. The van der Waals surface area contributed by atoms with Gasteiger partial charge >= 0.3 is 11.9 Å². The van der Waals surface area contributed by atoms with Crippen LogP contribution in [0.4, 0.5) is 0 Å². The van der Waals surface area contributed by atoms with Gasteiger partial charge in [-0.25, -0.2) is 0 Å². The quantitative estimate of drug-likeness (QED) is 0.575. The molecule has 7 unspecified atom stereocenters. The van der Waals surface area contributed by atoms with Crippen molar-refractivity contribution in [1.29, 1.82) is 0 Å². The molecule has 4 rings (SSSR count). The van der Waals surface area contributed by atoms with Gasteiger partial charge < -0.3 is 14.6 Å². The number of ketones is 1. The molecule has 1 saturated heterocycles. The lowest BCUT2D eigenvalue weighted by molar-refractivity contribution is -0.179. The van der Waals surface area contributed by atoms with Gasteiger partial charge in [0.25, 0.3) is 0 Å². The molecule has 0 spiro atoms. The minimum Gasteiger partial charge on any atom is -0.481 e. The lowest BCUT2D eigenvalue weighted by atomic mass is 9.42. The standard InChI is InChI=1S/C23H30O6/c1-12-6-7-13-19(12)23(4)15(11-18(25)28-5)22(3)14(10-17(23)29-13)21(2,20(26)27)9-8-16(22)24/h8-9,13-15,17H,6-7,10-11H2,1-5H3,(H,26,27). The summed E-state index contributed by atoms with van der Waals surface area (Å²) in [5.41, 5.74) is -0.185. The van der Waals surface area contributed by atoms with Gasteiger partial charge in [0.1, 0.15) is 0 Å². The lowest BCUT2D eigenvalue weighted by Crippen LogP contribution is -2.63. The minimum absolute atomic E-state index is 0.00644. The Morgan fingerprint density at radius 1 is 1.28 bits per heavy atom. The highest BCUT2D eigenvalue weighted by Crippen LogP contribution is 2.69. The molecule has 3 aliphatic carbocycles. The molecular weight excluding hydrogens is 372 g/mol. The molecule has 0 aromatic heterocycles. The summed E-state index contributed by atoms with van der Waals surface area (Å²) in [4.78, 5) is 38.1. The van der Waals surface area contributed by atoms with Gasteiger partial charge in [-0.05, 0) is 56.6 Å². The number of carbonyl (C=O) groups excluding carboxylic acids is 2. The van der Waals surface area contributed by atoms with Crippen LogP contribution in [0.1, 0.15) is 53.4 Å². The van der Waals surface area contributed by atoms with Gasteiger partial charge in [0.15, 0.2) is 5.78 Å². The van der Waals surface area contributed by atoms with Gasteiger partial charge in [-0.15, -0.1) is 0 Å². The van der Waals surface area contributed by atoms with E-state index in [1.54, 1.807) is 6.92 Å². The molecule has 0 amide bonds. The van der Waals surface area contributed by atoms with Gasteiger partial charge in [-0.3, -0.25) is 14.4 Å². The van der Waals surface area contributed by atoms with Crippen LogP contribution >= 0.6 is 0 Å². The number of hydrogen-bond donors (Lipinski definition) is 1. The molecule has 0 bridgehead atoms. The van der Waals surface area contributed by atoms with E-state index < -0.39 is 34.1 Å². The highest BCUT2D eigenvalue weighted by molar-refractivity contribution is 5.99. The summed E-state index contributed by atoms with van der Waals surface area (Å²) in [7, 11) is 1.35. The van der Waals surface area contributed by atoms with Crippen LogP contribution in [0.25, 0.3) is 0 Å². The van der Waals surface area contributed by atoms with Crippen LogP contribution in [0.5, 0.6) is 0 Å². The summed E-state index contributed by atoms with van der Waals surface area (Å²) in [6, 6.07) is 0. The fraction of sp³-hybridized carbons (Fsp3) is 0.696. The highest BCUT2D eigenvalue weighted by Gasteiger charge is 2.70. The maximum Gasteiger partial charge on any atom is 0.313 e. The molecule has 7 atom stereocenters. The smallest absolute Gasteiger partial charge is 0.313 e. The van der Waals surface area contributed by atoms with Crippen molar-refractivity contribution in [2.45, 2.75) is 65.6 Å². The van der Waals surface area contributed by atoms with E-state index >= 15 is 0 Å². The average molecular weight is 402 g/mol. The molecule has 1 heterocycles. The normalized spacial score (nSPS) is 45.6. The second-order valence-electron chi connectivity index (χ2n) is 9.82. The molecule has 6 heteroatoms. The van der Waals surface area contributed by atoms with Crippen LogP contribution in [0, 0.1) is 28.1 Å². The first-order valence-electron chi connectivity index (χ1n) is 10.4. The topological polar surface area (TPSA) is 89.9 Å². The van der Waals surface area contributed by atoms with Crippen molar-refractivity contribution in [3.63, 3.8) is 0 Å². The van der Waals surface area contributed by atoms with E-state index in [0.29, 0.717) is 6.42 Å². The Morgan fingerprint density at radius 2 is 1.97 bits per heavy atom. The van der Waals surface area contributed by atoms with E-state index in [0.717, 1.165) is 12.8 Å². The molecule has 2 fully saturated rings. The Kier molecular flexibility index (Phi) is 4.40. The molecule has 0 aromatic carbocycles. The zero-order chi connectivity index (χ0) is 21.4. The summed E-state index contributed by atoms with van der Waals surface area (Å²) < 4.78 is 11.5. The number of aliphatic carboxylic acids is 1. The Hall–Kier alpha value is -1.95. The molecule has 1 aliphatic heterocycles. The number of allylic oxidation sites excluding steroid dienone is 2. The second-order valence-corrected chi connectivity index (χ2v) is 9.82. The molecule has 1 saturated carbocycles. The van der Waals surface area contributed by atoms with Crippen molar-refractivity contribution in [2.75, 3.05) is 7.11 Å². The molecule has 158 valence electrons. The first-order valence-corrected chi connectivity index (χ1v) is 10.4. The summed E-state index contributed by atoms with van der Waals surface area (Å²) in [5.74, 6) is -2.29. The van der Waals surface area contributed by atoms with Gasteiger partial charge in [0, 0.05) is 10.8 Å². The van der Waals surface area contributed by atoms with E-state index in [1.165, 1.54) is 30.4 Å². The van der Waals surface area contributed by atoms with E-state index in [-0.39, 0.29) is 30.4 Å². The maximum absolute atomic E-state index is 13.4. The van der Waals surface area contributed by atoms with E-state index in [9.17, 15) is 19.5 Å². The Balaban J connectivity index is 1.94. The largest absolute Gasteiger partial charge is 0.481 e. The third-order valence-corrected chi connectivity index (χ3v) is 8.66. The van der Waals surface area contributed by atoms with Gasteiger partial charge in [-0.1, -0.05) is 25.5 Å². The molecular formula is C23H30O6. The fourth-order valence-corrected chi connectivity index (χ4v) is 7.04. The number of carbonyl (C=O) groups is 3. The minimum atomic E-state index is -1.19. The van der Waals surface area contributed by atoms with Crippen LogP contribution < -0.4 is 0 Å². The first kappa shape index (κ1) is 20.3. The monoisotopic (exact) mass is 402 g/mol. The van der Waals surface area contributed by atoms with Crippen LogP contribution in [0.3, 0.4) is 0 Å². The van der Waals surface area contributed by atoms with Crippen molar-refractivity contribution in [3.05, 3.63) is 23.3 Å². The van der Waals surface area contributed by atoms with Crippen molar-refractivity contribution in [3.8, 4) is 0 Å². The van der Waals surface area contributed by atoms with E-state index in [4.69, 9.17) is 9.47 Å². The molecule has 1 N–H and O–H groups in total. The van der Waals surface area contributed by atoms with Crippen molar-refractivity contribution in [1.82, 2.24) is 0 Å². The second kappa shape index (κ2) is 6.27. The van der Waals surface area contributed by atoms with Crippen LogP contribution in [0.2, 0.25) is 0 Å². The summed E-state index contributed by atoms with van der Waals surface area (Å²) in [6.07, 6.45) is 5.13. The lowest BCUT2D eigenvalue weighted by Gasteiger charge is -2.60. The Bertz CT molecular complexity index is 855. The molecule has 6 nitrogen and oxygen atoms in total. The average Bonchev–Trinajstić information content (AvgIpc) is 3.18. The number of carboxylic acids is 1. The third-order valence-electron chi connectivity index (χ3n) is 8.66. The van der Waals surface area contributed by atoms with Crippen molar-refractivity contribution >= 4 is 17.7 Å². The SMILES string of the molecule is COC(=O)CC1C2(C)C3=C(C)CCC3OC2CC2C(C)(C(=O)O)C=CC(=O)C21C. The molecule has 0 aromatic rings. The van der Waals surface area contributed by atoms with Gasteiger partial charge in [0.2, 0.25) is 0 Å². The Morgan fingerprint density at radius 3 is 2.59 bits per heavy atom. The first-order chi connectivity index (χ1) is 13.5. The predicted octanol–water partition coefficient (Wildman–Crippen LogP) is 3.31. The Labute approximate surface area is 171 Å². The highest BCUT2D eigenvalue weighted by atomic mass is 16.5. The fourth-order valence-electron chi connectivity index (χ4n) is 7.04.